The summed E-state index contributed by atoms with van der Waals surface area (Å²) in [6.45, 7) is 97.0. The highest BCUT2D eigenvalue weighted by Crippen LogP contribution is 2.50. The Morgan fingerprint density at radius 3 is 0.681 bits per heavy atom. The van der Waals surface area contributed by atoms with Crippen LogP contribution in [-0.2, 0) is 0 Å². The van der Waals surface area contributed by atoms with Crippen LogP contribution in [0.15, 0.2) is 0 Å². The van der Waals surface area contributed by atoms with Crippen molar-refractivity contribution in [1.29, 1.82) is 0 Å². The normalized spacial score (nSPS) is 18.4. The van der Waals surface area contributed by atoms with Gasteiger partial charge in [-0.05, 0) is 107 Å². The minimum Gasteiger partial charge on any atom is -0.0651 e. The second-order valence-corrected chi connectivity index (χ2v) is 35.2. The van der Waals surface area contributed by atoms with E-state index < -0.39 is 0 Å². The fourth-order valence-corrected chi connectivity index (χ4v) is 7.67. The van der Waals surface area contributed by atoms with Gasteiger partial charge in [-0.15, -0.1) is 0 Å². The van der Waals surface area contributed by atoms with E-state index in [0.29, 0.717) is 59.6 Å². The van der Waals surface area contributed by atoms with E-state index in [1.165, 1.54) is 70.6 Å². The minimum atomic E-state index is 0.375. The van der Waals surface area contributed by atoms with Gasteiger partial charge in [0.1, 0.15) is 0 Å². The summed E-state index contributed by atoms with van der Waals surface area (Å²) in [6.07, 6.45) is 16.1. The summed E-state index contributed by atoms with van der Waals surface area (Å²) in [5, 5.41) is 0. The van der Waals surface area contributed by atoms with Gasteiger partial charge >= 0.3 is 0 Å². The second-order valence-electron chi connectivity index (χ2n) is 35.2. The van der Waals surface area contributed by atoms with Gasteiger partial charge in [0, 0.05) is 0 Å². The molecule has 72 heavy (non-hydrogen) atoms. The maximum atomic E-state index is 2.38. The van der Waals surface area contributed by atoms with Crippen LogP contribution >= 0.6 is 0 Å². The van der Waals surface area contributed by atoms with Crippen LogP contribution in [0, 0.1) is 107 Å². The van der Waals surface area contributed by atoms with Crippen LogP contribution < -0.4 is 0 Å². The van der Waals surface area contributed by atoms with E-state index in [-0.39, 0.29) is 0 Å². The molecule has 2 saturated carbocycles. The molecule has 2 aliphatic rings. The molecule has 3 atom stereocenters. The Hall–Kier alpha value is 0. The van der Waals surface area contributed by atoms with Crippen LogP contribution in [0.5, 0.6) is 0 Å². The summed E-state index contributed by atoms with van der Waals surface area (Å²) in [6, 6.07) is 0. The first-order chi connectivity index (χ1) is 31.2. The average Bonchev–Trinajstić information content (AvgIpc) is 3.17. The van der Waals surface area contributed by atoms with Crippen LogP contribution in [0.2, 0.25) is 0 Å². The monoisotopic (exact) mass is 1020 g/mol. The van der Waals surface area contributed by atoms with Gasteiger partial charge in [-0.1, -0.05) is 361 Å². The maximum absolute atomic E-state index is 2.38. The molecule has 2 aliphatic carbocycles. The third-order valence-corrected chi connectivity index (χ3v) is 21.9. The molecule has 444 valence electrons. The van der Waals surface area contributed by atoms with Crippen molar-refractivity contribution in [2.45, 2.75) is 361 Å². The van der Waals surface area contributed by atoms with Crippen LogP contribution in [-0.4, -0.2) is 0 Å². The number of hydrogen-bond donors (Lipinski definition) is 0. The Labute approximate surface area is 466 Å². The molecule has 2 fully saturated rings. The summed E-state index contributed by atoms with van der Waals surface area (Å²) in [5.74, 6) is 7.04. The molecule has 0 N–H and O–H groups in total. The van der Waals surface area contributed by atoms with Crippen molar-refractivity contribution in [3.05, 3.63) is 0 Å². The fraction of sp³-hybridized carbons (Fsp3) is 1.00. The van der Waals surface area contributed by atoms with Crippen LogP contribution in [0.3, 0.4) is 0 Å². The zero-order chi connectivity index (χ0) is 59.9. The Morgan fingerprint density at radius 1 is 0.333 bits per heavy atom. The Balaban J connectivity index is -0.000000173. The SMILES string of the molecule is CC(C(C)(C)C)C(C)(C)C.CC(C)(C)C(C)(C)C.CC(C)(C)C(C)(C)C(C)(C)C.CC(C)C(C)(C)C(C)(C)C.CC(C)C(C)(C)C(C)C.CC1CCCC[C@H]1C.CCC1CCCCC1.CC[C@@H](C)C(C)(C)C. The lowest BCUT2D eigenvalue weighted by Crippen LogP contribution is -2.41. The van der Waals surface area contributed by atoms with E-state index in [4.69, 9.17) is 0 Å². The zero-order valence-corrected chi connectivity index (χ0v) is 59.9. The summed E-state index contributed by atoms with van der Waals surface area (Å²) < 4.78 is 0. The highest BCUT2D eigenvalue weighted by Gasteiger charge is 2.42. The third-order valence-electron chi connectivity index (χ3n) is 21.9. The molecule has 0 amide bonds. The minimum absolute atomic E-state index is 0.375. The first-order valence-corrected chi connectivity index (χ1v) is 31.2. The largest absolute Gasteiger partial charge is 0.0651 e. The molecule has 0 spiro atoms. The number of hydrogen-bond acceptors (Lipinski definition) is 0. The van der Waals surface area contributed by atoms with E-state index in [1.807, 2.05) is 0 Å². The van der Waals surface area contributed by atoms with Gasteiger partial charge in [0.25, 0.3) is 0 Å². The molecule has 0 aliphatic heterocycles. The highest BCUT2D eigenvalue weighted by molar-refractivity contribution is 4.91. The molecular formula is C72H156. The topological polar surface area (TPSA) is 0 Å². The molecule has 0 aromatic carbocycles. The van der Waals surface area contributed by atoms with Crippen LogP contribution in [0.4, 0.5) is 0 Å². The van der Waals surface area contributed by atoms with Gasteiger partial charge in [-0.2, -0.15) is 0 Å². The molecule has 0 nitrogen and oxygen atoms in total. The molecule has 1 unspecified atom stereocenters. The van der Waals surface area contributed by atoms with Gasteiger partial charge in [-0.25, -0.2) is 0 Å². The summed E-state index contributed by atoms with van der Waals surface area (Å²) >= 11 is 0. The van der Waals surface area contributed by atoms with Crippen molar-refractivity contribution in [1.82, 2.24) is 0 Å². The molecule has 0 bridgehead atoms. The van der Waals surface area contributed by atoms with Crippen molar-refractivity contribution >= 4 is 0 Å². The van der Waals surface area contributed by atoms with E-state index in [1.54, 1.807) is 0 Å². The van der Waals surface area contributed by atoms with E-state index in [9.17, 15) is 0 Å². The molecule has 0 heteroatoms. The van der Waals surface area contributed by atoms with Gasteiger partial charge < -0.3 is 0 Å². The van der Waals surface area contributed by atoms with Crippen LogP contribution in [0.1, 0.15) is 361 Å². The maximum Gasteiger partial charge on any atom is -0.0257 e. The summed E-state index contributed by atoms with van der Waals surface area (Å²) in [4.78, 5) is 0. The second kappa shape index (κ2) is 34.1. The highest BCUT2D eigenvalue weighted by atomic mass is 14.5. The van der Waals surface area contributed by atoms with E-state index >= 15 is 0 Å². The van der Waals surface area contributed by atoms with Gasteiger partial charge in [0.2, 0.25) is 0 Å². The lowest BCUT2D eigenvalue weighted by Gasteiger charge is -2.49. The molecule has 0 heterocycles. The number of rotatable bonds is 5. The lowest BCUT2D eigenvalue weighted by atomic mass is 9.56. The quantitative estimate of drug-likeness (QED) is 0.257. The van der Waals surface area contributed by atoms with Crippen molar-refractivity contribution < 1.29 is 0 Å². The first kappa shape index (κ1) is 83.3. The average molecular weight is 1020 g/mol. The molecule has 0 radical (unpaired) electrons. The predicted molar refractivity (Wildman–Crippen MR) is 344 cm³/mol. The molecular weight excluding hydrogens is 865 g/mol. The van der Waals surface area contributed by atoms with Crippen molar-refractivity contribution in [3.8, 4) is 0 Å². The van der Waals surface area contributed by atoms with E-state index in [2.05, 4.69) is 291 Å². The summed E-state index contributed by atoms with van der Waals surface area (Å²) in [7, 11) is 0. The van der Waals surface area contributed by atoms with Crippen molar-refractivity contribution in [2.75, 3.05) is 0 Å². The Morgan fingerprint density at radius 2 is 0.611 bits per heavy atom. The Kier molecular flexibility index (Phi) is 39.5. The predicted octanol–water partition coefficient (Wildman–Crippen LogP) is 26.8. The zero-order valence-electron chi connectivity index (χ0n) is 59.9. The van der Waals surface area contributed by atoms with Gasteiger partial charge in [0.05, 0.1) is 0 Å². The Bertz CT molecular complexity index is 1180. The molecule has 0 aromatic heterocycles. The lowest BCUT2D eigenvalue weighted by molar-refractivity contribution is 0.00575. The van der Waals surface area contributed by atoms with Gasteiger partial charge in [-0.3, -0.25) is 0 Å². The van der Waals surface area contributed by atoms with Crippen molar-refractivity contribution in [3.63, 3.8) is 0 Å². The van der Waals surface area contributed by atoms with Crippen molar-refractivity contribution in [2.24, 2.45) is 107 Å². The molecule has 0 saturated heterocycles. The van der Waals surface area contributed by atoms with E-state index in [0.717, 1.165) is 47.3 Å². The standard InChI is InChI=1S/C11H24.2C10H22.C9H20.2C8H16.2C8H18/c1-9(2,3)11(7,8)10(4,5)6;1-8(9(2,3)4)10(5,6)7;1-8(2)10(6,7)9(3,4)5;1-7(2)9(5,6)8(3)4;1-7-5-3-4-6-8(7)2;1-2-8-6-4-3-5-7-8;1-7(2,3)8(4,5)6;1-6-7(2)8(3,4)5/h1-8H3;2*8H,1-7H3;7-8H,1-6H3;7-8H,3-6H2,1-2H3;8H,2-7H2,1H3;1-6H3;7H,6H2,1-5H3/t;;;;7-,8?;;;7-/m....1..1/s1. The summed E-state index contributed by atoms with van der Waals surface area (Å²) in [5.41, 5.74) is 4.76. The first-order valence-electron chi connectivity index (χ1n) is 31.2. The molecule has 0 aromatic rings. The smallest absolute Gasteiger partial charge is 0.0257 e. The van der Waals surface area contributed by atoms with Crippen LogP contribution in [0.25, 0.3) is 0 Å². The third kappa shape index (κ3) is 36.9. The fourth-order valence-electron chi connectivity index (χ4n) is 7.67. The van der Waals surface area contributed by atoms with Gasteiger partial charge in [0.15, 0.2) is 0 Å². The molecule has 2 rings (SSSR count).